The molecule has 0 heterocycles. The first-order valence-electron chi connectivity index (χ1n) is 9.96. The Kier molecular flexibility index (Phi) is 6.52. The number of carboxylic acid groups (broad SMARTS) is 1. The largest absolute Gasteiger partial charge is 0.507 e. The summed E-state index contributed by atoms with van der Waals surface area (Å²) < 4.78 is 0. The van der Waals surface area contributed by atoms with E-state index in [0.29, 0.717) is 0 Å². The Balaban J connectivity index is 1.99. The maximum Gasteiger partial charge on any atom is 0.336 e. The minimum atomic E-state index is -1.18. The minimum absolute atomic E-state index is 0.0505. The van der Waals surface area contributed by atoms with Gasteiger partial charge in [-0.05, 0) is 49.2 Å². The van der Waals surface area contributed by atoms with Crippen molar-refractivity contribution in [1.82, 2.24) is 0 Å². The second kappa shape index (κ2) is 9.27. The summed E-state index contributed by atoms with van der Waals surface area (Å²) in [4.78, 5) is 26.5. The van der Waals surface area contributed by atoms with Crippen LogP contribution in [0.25, 0.3) is 0 Å². The SMILES string of the molecule is CCCCN(c1cccc(C)c1)c1ccc(C(=O)c2ccccc2C(=O)O)c(O)c1. The maximum atomic E-state index is 12.9. The van der Waals surface area contributed by atoms with Gasteiger partial charge in [0.2, 0.25) is 0 Å². The number of rotatable bonds is 8. The monoisotopic (exact) mass is 403 g/mol. The van der Waals surface area contributed by atoms with Gasteiger partial charge in [0.1, 0.15) is 5.75 Å². The summed E-state index contributed by atoms with van der Waals surface area (Å²) in [5.41, 5.74) is 2.96. The molecule has 0 aliphatic carbocycles. The highest BCUT2D eigenvalue weighted by Crippen LogP contribution is 2.32. The van der Waals surface area contributed by atoms with Gasteiger partial charge in [0.25, 0.3) is 0 Å². The Morgan fingerprint density at radius 1 is 0.867 bits per heavy atom. The molecule has 0 amide bonds. The van der Waals surface area contributed by atoms with Gasteiger partial charge in [0.15, 0.2) is 5.78 Å². The molecule has 0 atom stereocenters. The van der Waals surface area contributed by atoms with E-state index in [1.807, 2.05) is 25.1 Å². The van der Waals surface area contributed by atoms with Crippen molar-refractivity contribution >= 4 is 23.1 Å². The number of aromatic carboxylic acids is 1. The minimum Gasteiger partial charge on any atom is -0.507 e. The van der Waals surface area contributed by atoms with Crippen LogP contribution in [0.4, 0.5) is 11.4 Å². The highest BCUT2D eigenvalue weighted by molar-refractivity contribution is 6.15. The molecule has 0 saturated heterocycles. The van der Waals surface area contributed by atoms with Crippen molar-refractivity contribution in [3.8, 4) is 5.75 Å². The van der Waals surface area contributed by atoms with E-state index in [2.05, 4.69) is 17.9 Å². The smallest absolute Gasteiger partial charge is 0.336 e. The summed E-state index contributed by atoms with van der Waals surface area (Å²) in [5, 5.41) is 20.0. The number of carboxylic acids is 1. The van der Waals surface area contributed by atoms with Gasteiger partial charge < -0.3 is 15.1 Å². The molecule has 2 N–H and O–H groups in total. The van der Waals surface area contributed by atoms with Gasteiger partial charge in [0, 0.05) is 29.5 Å². The number of benzene rings is 3. The number of aryl methyl sites for hydroxylation is 1. The molecule has 0 aromatic heterocycles. The third kappa shape index (κ3) is 4.51. The van der Waals surface area contributed by atoms with Crippen LogP contribution in [0.15, 0.2) is 66.7 Å². The fourth-order valence-electron chi connectivity index (χ4n) is 3.41. The zero-order valence-corrected chi connectivity index (χ0v) is 17.1. The van der Waals surface area contributed by atoms with Crippen molar-refractivity contribution < 1.29 is 19.8 Å². The summed E-state index contributed by atoms with van der Waals surface area (Å²) in [7, 11) is 0. The lowest BCUT2D eigenvalue weighted by molar-refractivity contribution is 0.0692. The van der Waals surface area contributed by atoms with Gasteiger partial charge in [-0.3, -0.25) is 4.79 Å². The predicted octanol–water partition coefficient (Wildman–Crippen LogP) is 5.57. The van der Waals surface area contributed by atoms with Crippen LogP contribution in [0, 0.1) is 6.92 Å². The number of unbranched alkanes of at least 4 members (excludes halogenated alkanes) is 1. The van der Waals surface area contributed by atoms with E-state index in [0.717, 1.165) is 36.3 Å². The highest BCUT2D eigenvalue weighted by atomic mass is 16.4. The molecule has 0 fully saturated rings. The van der Waals surface area contributed by atoms with E-state index in [9.17, 15) is 19.8 Å². The molecular weight excluding hydrogens is 378 g/mol. The van der Waals surface area contributed by atoms with Gasteiger partial charge in [-0.25, -0.2) is 4.79 Å². The number of phenols is 1. The number of carbonyl (C=O) groups excluding carboxylic acids is 1. The van der Waals surface area contributed by atoms with Gasteiger partial charge in [-0.15, -0.1) is 0 Å². The predicted molar refractivity (Wildman–Crippen MR) is 118 cm³/mol. The molecule has 3 aromatic rings. The second-order valence-electron chi connectivity index (χ2n) is 7.23. The van der Waals surface area contributed by atoms with Crippen molar-refractivity contribution in [2.75, 3.05) is 11.4 Å². The Hall–Kier alpha value is -3.60. The standard InChI is InChI=1S/C25H25NO4/c1-3-4-14-26(18-9-7-8-17(2)15-18)19-12-13-22(23(27)16-19)24(28)20-10-5-6-11-21(20)25(29)30/h5-13,15-16,27H,3-4,14H2,1-2H3,(H,29,30). The number of nitrogens with zero attached hydrogens (tertiary/aromatic N) is 1. The Bertz CT molecular complexity index is 1070. The molecule has 154 valence electrons. The quantitative estimate of drug-likeness (QED) is 0.481. The second-order valence-corrected chi connectivity index (χ2v) is 7.23. The number of phenolic OH excluding ortho intramolecular Hbond substituents is 1. The van der Waals surface area contributed by atoms with Gasteiger partial charge in [-0.1, -0.05) is 43.7 Å². The van der Waals surface area contributed by atoms with Gasteiger partial charge in [-0.2, -0.15) is 0 Å². The van der Waals surface area contributed by atoms with Crippen molar-refractivity contribution in [2.45, 2.75) is 26.7 Å². The van der Waals surface area contributed by atoms with Crippen molar-refractivity contribution in [1.29, 1.82) is 0 Å². The van der Waals surface area contributed by atoms with Gasteiger partial charge in [0.05, 0.1) is 11.1 Å². The molecule has 5 nitrogen and oxygen atoms in total. The molecule has 30 heavy (non-hydrogen) atoms. The van der Waals surface area contributed by atoms with E-state index in [1.165, 1.54) is 12.1 Å². The van der Waals surface area contributed by atoms with Crippen LogP contribution in [0.1, 0.15) is 51.6 Å². The summed E-state index contributed by atoms with van der Waals surface area (Å²) in [6.07, 6.45) is 2.00. The number of anilines is 2. The molecular formula is C25H25NO4. The molecule has 0 spiro atoms. The zero-order chi connectivity index (χ0) is 21.7. The van der Waals surface area contributed by atoms with Crippen LogP contribution < -0.4 is 4.90 Å². The van der Waals surface area contributed by atoms with Crippen molar-refractivity contribution in [2.24, 2.45) is 0 Å². The Morgan fingerprint density at radius 3 is 2.20 bits per heavy atom. The number of hydrogen-bond donors (Lipinski definition) is 2. The van der Waals surface area contributed by atoms with E-state index >= 15 is 0 Å². The molecule has 0 unspecified atom stereocenters. The van der Waals surface area contributed by atoms with Gasteiger partial charge >= 0.3 is 5.97 Å². The zero-order valence-electron chi connectivity index (χ0n) is 17.1. The van der Waals surface area contributed by atoms with Crippen molar-refractivity contribution in [3.05, 3.63) is 89.0 Å². The van der Waals surface area contributed by atoms with Crippen molar-refractivity contribution in [3.63, 3.8) is 0 Å². The fraction of sp³-hybridized carbons (Fsp3) is 0.200. The number of aromatic hydroxyl groups is 1. The lowest BCUT2D eigenvalue weighted by Gasteiger charge is -2.26. The number of hydrogen-bond acceptors (Lipinski definition) is 4. The first-order chi connectivity index (χ1) is 14.4. The average molecular weight is 403 g/mol. The van der Waals surface area contributed by atoms with E-state index < -0.39 is 11.8 Å². The molecule has 0 aliphatic heterocycles. The summed E-state index contributed by atoms with van der Waals surface area (Å²) in [6, 6.07) is 19.0. The lowest BCUT2D eigenvalue weighted by atomic mass is 9.97. The third-order valence-electron chi connectivity index (χ3n) is 4.99. The lowest BCUT2D eigenvalue weighted by Crippen LogP contribution is -2.18. The van der Waals surface area contributed by atoms with E-state index in [1.54, 1.807) is 30.3 Å². The molecule has 0 radical (unpaired) electrons. The van der Waals surface area contributed by atoms with Crippen LogP contribution in [0.3, 0.4) is 0 Å². The maximum absolute atomic E-state index is 12.9. The Morgan fingerprint density at radius 2 is 1.57 bits per heavy atom. The summed E-state index contributed by atoms with van der Waals surface area (Å²) in [5.74, 6) is -1.88. The van der Waals surface area contributed by atoms with E-state index in [4.69, 9.17) is 0 Å². The average Bonchev–Trinajstić information content (AvgIpc) is 2.74. The van der Waals surface area contributed by atoms with Crippen LogP contribution in [0.5, 0.6) is 5.75 Å². The highest BCUT2D eigenvalue weighted by Gasteiger charge is 2.21. The molecule has 5 heteroatoms. The molecule has 0 bridgehead atoms. The van der Waals surface area contributed by atoms with Crippen LogP contribution in [0.2, 0.25) is 0 Å². The van der Waals surface area contributed by atoms with Crippen LogP contribution in [-0.4, -0.2) is 28.5 Å². The molecule has 3 rings (SSSR count). The first kappa shape index (κ1) is 21.1. The summed E-state index contributed by atoms with van der Waals surface area (Å²) in [6.45, 7) is 4.92. The van der Waals surface area contributed by atoms with Crippen LogP contribution >= 0.6 is 0 Å². The topological polar surface area (TPSA) is 77.8 Å². The fourth-order valence-corrected chi connectivity index (χ4v) is 3.41. The van der Waals surface area contributed by atoms with E-state index in [-0.39, 0.29) is 22.4 Å². The molecule has 0 saturated carbocycles. The number of carbonyl (C=O) groups is 2. The summed E-state index contributed by atoms with van der Waals surface area (Å²) >= 11 is 0. The molecule has 0 aliphatic rings. The molecule has 3 aromatic carbocycles. The third-order valence-corrected chi connectivity index (χ3v) is 4.99. The Labute approximate surface area is 176 Å². The normalized spacial score (nSPS) is 10.6. The first-order valence-corrected chi connectivity index (χ1v) is 9.96. The number of ketones is 1. The van der Waals surface area contributed by atoms with Crippen LogP contribution in [-0.2, 0) is 0 Å².